The molecule has 0 spiro atoms. The Morgan fingerprint density at radius 3 is 2.76 bits per heavy atom. The molecule has 17 heavy (non-hydrogen) atoms. The predicted molar refractivity (Wildman–Crippen MR) is 70.9 cm³/mol. The van der Waals surface area contributed by atoms with E-state index >= 15 is 0 Å². The highest BCUT2D eigenvalue weighted by Crippen LogP contribution is 2.06. The molecule has 0 aliphatic rings. The molecule has 1 aromatic rings. The number of aromatic nitrogens is 1. The van der Waals surface area contributed by atoms with Crippen LogP contribution in [0.15, 0.2) is 18.3 Å². The Kier molecular flexibility index (Phi) is 6.16. The van der Waals surface area contributed by atoms with Gasteiger partial charge in [0.25, 0.3) is 0 Å². The number of aryl methyl sites for hydroxylation is 1. The zero-order chi connectivity index (χ0) is 12.7. The lowest BCUT2D eigenvalue weighted by Crippen LogP contribution is -2.37. The van der Waals surface area contributed by atoms with Crippen LogP contribution in [0.4, 0.5) is 0 Å². The molecule has 1 rings (SSSR count). The first-order valence-electron chi connectivity index (χ1n) is 6.36. The number of ether oxygens (including phenoxy) is 1. The topological polar surface area (TPSA) is 34.1 Å². The van der Waals surface area contributed by atoms with Gasteiger partial charge in [-0.15, -0.1) is 0 Å². The molecular formula is C14H24N2O. The fourth-order valence-corrected chi connectivity index (χ4v) is 1.66. The molecule has 0 bridgehead atoms. The molecule has 1 unspecified atom stereocenters. The van der Waals surface area contributed by atoms with E-state index in [1.165, 1.54) is 5.56 Å². The summed E-state index contributed by atoms with van der Waals surface area (Å²) in [5.41, 5.74) is 2.36. The molecule has 0 saturated heterocycles. The second kappa shape index (κ2) is 7.41. The summed E-state index contributed by atoms with van der Waals surface area (Å²) in [5.74, 6) is 0.561. The SMILES string of the molecule is CCOCC(NCc1ncccc1C)C(C)C. The van der Waals surface area contributed by atoms with Crippen molar-refractivity contribution in [1.29, 1.82) is 0 Å². The van der Waals surface area contributed by atoms with Gasteiger partial charge >= 0.3 is 0 Å². The molecule has 3 nitrogen and oxygen atoms in total. The van der Waals surface area contributed by atoms with E-state index < -0.39 is 0 Å². The maximum absolute atomic E-state index is 5.49. The standard InChI is InChI=1S/C14H24N2O/c1-5-17-10-14(11(2)3)16-9-13-12(4)7-6-8-15-13/h6-8,11,14,16H,5,9-10H2,1-4H3. The monoisotopic (exact) mass is 236 g/mol. The predicted octanol–water partition coefficient (Wildman–Crippen LogP) is 2.54. The van der Waals surface area contributed by atoms with E-state index in [2.05, 4.69) is 37.1 Å². The smallest absolute Gasteiger partial charge is 0.0622 e. The Hall–Kier alpha value is -0.930. The number of hydrogen-bond donors (Lipinski definition) is 1. The van der Waals surface area contributed by atoms with E-state index in [9.17, 15) is 0 Å². The van der Waals surface area contributed by atoms with E-state index in [1.54, 1.807) is 0 Å². The summed E-state index contributed by atoms with van der Waals surface area (Å²) >= 11 is 0. The van der Waals surface area contributed by atoms with E-state index in [0.29, 0.717) is 12.0 Å². The van der Waals surface area contributed by atoms with Crippen LogP contribution in [0.25, 0.3) is 0 Å². The third kappa shape index (κ3) is 4.84. The molecule has 0 saturated carbocycles. The zero-order valence-corrected chi connectivity index (χ0v) is 11.4. The largest absolute Gasteiger partial charge is 0.380 e. The summed E-state index contributed by atoms with van der Waals surface area (Å²) in [4.78, 5) is 4.39. The average molecular weight is 236 g/mol. The van der Waals surface area contributed by atoms with Crippen molar-refractivity contribution in [3.8, 4) is 0 Å². The van der Waals surface area contributed by atoms with Crippen molar-refractivity contribution in [2.24, 2.45) is 5.92 Å². The third-order valence-corrected chi connectivity index (χ3v) is 2.96. The van der Waals surface area contributed by atoms with Crippen molar-refractivity contribution < 1.29 is 4.74 Å². The van der Waals surface area contributed by atoms with Crippen molar-refractivity contribution in [2.75, 3.05) is 13.2 Å². The summed E-state index contributed by atoms with van der Waals surface area (Å²) in [6, 6.07) is 4.45. The second-order valence-corrected chi connectivity index (χ2v) is 4.66. The summed E-state index contributed by atoms with van der Waals surface area (Å²) < 4.78 is 5.49. The van der Waals surface area contributed by atoms with Crippen LogP contribution >= 0.6 is 0 Å². The molecule has 96 valence electrons. The molecule has 1 N–H and O–H groups in total. The average Bonchev–Trinajstić information content (AvgIpc) is 2.31. The number of hydrogen-bond acceptors (Lipinski definition) is 3. The maximum atomic E-state index is 5.49. The van der Waals surface area contributed by atoms with Crippen molar-refractivity contribution in [2.45, 2.75) is 40.3 Å². The van der Waals surface area contributed by atoms with Gasteiger partial charge in [0.15, 0.2) is 0 Å². The Morgan fingerprint density at radius 1 is 1.41 bits per heavy atom. The van der Waals surface area contributed by atoms with Crippen LogP contribution in [-0.4, -0.2) is 24.2 Å². The molecule has 0 amide bonds. The summed E-state index contributed by atoms with van der Waals surface area (Å²) in [7, 11) is 0. The summed E-state index contributed by atoms with van der Waals surface area (Å²) in [6.07, 6.45) is 1.84. The summed E-state index contributed by atoms with van der Waals surface area (Å²) in [6.45, 7) is 10.9. The van der Waals surface area contributed by atoms with Crippen LogP contribution in [0.1, 0.15) is 32.0 Å². The van der Waals surface area contributed by atoms with Crippen LogP contribution in [0.2, 0.25) is 0 Å². The van der Waals surface area contributed by atoms with Crippen molar-refractivity contribution in [1.82, 2.24) is 10.3 Å². The number of nitrogens with one attached hydrogen (secondary N) is 1. The maximum Gasteiger partial charge on any atom is 0.0622 e. The lowest BCUT2D eigenvalue weighted by Gasteiger charge is -2.22. The van der Waals surface area contributed by atoms with Gasteiger partial charge in [0.05, 0.1) is 12.3 Å². The third-order valence-electron chi connectivity index (χ3n) is 2.96. The van der Waals surface area contributed by atoms with Crippen LogP contribution < -0.4 is 5.32 Å². The zero-order valence-electron chi connectivity index (χ0n) is 11.4. The molecule has 3 heteroatoms. The lowest BCUT2D eigenvalue weighted by molar-refractivity contribution is 0.107. The van der Waals surface area contributed by atoms with E-state index in [4.69, 9.17) is 4.74 Å². The van der Waals surface area contributed by atoms with Crippen molar-refractivity contribution >= 4 is 0 Å². The van der Waals surface area contributed by atoms with Gasteiger partial charge in [-0.2, -0.15) is 0 Å². The highest BCUT2D eigenvalue weighted by molar-refractivity contribution is 5.17. The molecule has 1 aromatic heterocycles. The highest BCUT2D eigenvalue weighted by Gasteiger charge is 2.13. The molecule has 0 aromatic carbocycles. The molecule has 0 aliphatic carbocycles. The second-order valence-electron chi connectivity index (χ2n) is 4.66. The number of nitrogens with zero attached hydrogens (tertiary/aromatic N) is 1. The van der Waals surface area contributed by atoms with Gasteiger partial charge in [-0.3, -0.25) is 4.98 Å². The fourth-order valence-electron chi connectivity index (χ4n) is 1.66. The van der Waals surface area contributed by atoms with E-state index in [1.807, 2.05) is 19.2 Å². The van der Waals surface area contributed by atoms with Gasteiger partial charge in [0.2, 0.25) is 0 Å². The molecule has 1 atom stereocenters. The van der Waals surface area contributed by atoms with Gasteiger partial charge in [-0.05, 0) is 31.4 Å². The lowest BCUT2D eigenvalue weighted by atomic mass is 10.1. The van der Waals surface area contributed by atoms with Crippen LogP contribution in [0.5, 0.6) is 0 Å². The van der Waals surface area contributed by atoms with Gasteiger partial charge in [0, 0.05) is 25.4 Å². The highest BCUT2D eigenvalue weighted by atomic mass is 16.5. The quantitative estimate of drug-likeness (QED) is 0.790. The summed E-state index contributed by atoms with van der Waals surface area (Å²) in [5, 5.41) is 3.52. The van der Waals surface area contributed by atoms with Crippen molar-refractivity contribution in [3.05, 3.63) is 29.6 Å². The minimum atomic E-state index is 0.386. The normalized spacial score (nSPS) is 13.0. The Balaban J connectivity index is 2.49. The van der Waals surface area contributed by atoms with E-state index in [-0.39, 0.29) is 0 Å². The van der Waals surface area contributed by atoms with Crippen LogP contribution in [0, 0.1) is 12.8 Å². The first kappa shape index (κ1) is 14.1. The minimum Gasteiger partial charge on any atom is -0.380 e. The van der Waals surface area contributed by atoms with Crippen LogP contribution in [-0.2, 0) is 11.3 Å². The molecular weight excluding hydrogens is 212 g/mol. The van der Waals surface area contributed by atoms with Gasteiger partial charge < -0.3 is 10.1 Å². The van der Waals surface area contributed by atoms with Crippen molar-refractivity contribution in [3.63, 3.8) is 0 Å². The number of rotatable bonds is 7. The molecule has 0 radical (unpaired) electrons. The Labute approximate surface area is 105 Å². The first-order valence-corrected chi connectivity index (χ1v) is 6.36. The molecule has 1 heterocycles. The number of pyridine rings is 1. The molecule has 0 aliphatic heterocycles. The molecule has 0 fully saturated rings. The first-order chi connectivity index (χ1) is 8.15. The Bertz CT molecular complexity index is 326. The van der Waals surface area contributed by atoms with Gasteiger partial charge in [-0.1, -0.05) is 19.9 Å². The van der Waals surface area contributed by atoms with Gasteiger partial charge in [-0.25, -0.2) is 0 Å². The van der Waals surface area contributed by atoms with Crippen LogP contribution in [0.3, 0.4) is 0 Å². The van der Waals surface area contributed by atoms with E-state index in [0.717, 1.165) is 25.5 Å². The van der Waals surface area contributed by atoms with Gasteiger partial charge in [0.1, 0.15) is 0 Å². The minimum absolute atomic E-state index is 0.386. The fraction of sp³-hybridized carbons (Fsp3) is 0.643. The Morgan fingerprint density at radius 2 is 2.18 bits per heavy atom.